The third-order valence-electron chi connectivity index (χ3n) is 4.87. The van der Waals surface area contributed by atoms with E-state index in [4.69, 9.17) is 4.42 Å². The lowest BCUT2D eigenvalue weighted by molar-refractivity contribution is 0.167. The fourth-order valence-corrected chi connectivity index (χ4v) is 3.76. The van der Waals surface area contributed by atoms with Gasteiger partial charge in [-0.3, -0.25) is 14.1 Å². The van der Waals surface area contributed by atoms with Crippen molar-refractivity contribution in [3.05, 3.63) is 52.3 Å². The Hall–Kier alpha value is -2.34. The Morgan fingerprint density at radius 1 is 1.33 bits per heavy atom. The van der Waals surface area contributed by atoms with Crippen molar-refractivity contribution in [3.8, 4) is 0 Å². The van der Waals surface area contributed by atoms with Gasteiger partial charge in [0.2, 0.25) is 0 Å². The third kappa shape index (κ3) is 2.67. The number of benzene rings is 1. The SMILES string of the molecule is Cc1nn(C)cc1CN1CCC[C@@H](n2c(=O)oc3ccccc32)C1. The first kappa shape index (κ1) is 15.2. The van der Waals surface area contributed by atoms with Crippen LogP contribution in [0.5, 0.6) is 0 Å². The summed E-state index contributed by atoms with van der Waals surface area (Å²) in [4.78, 5) is 14.7. The first-order chi connectivity index (χ1) is 11.6. The van der Waals surface area contributed by atoms with Crippen LogP contribution in [0.4, 0.5) is 0 Å². The molecule has 24 heavy (non-hydrogen) atoms. The summed E-state index contributed by atoms with van der Waals surface area (Å²) in [5.41, 5.74) is 3.89. The molecule has 0 aliphatic carbocycles. The summed E-state index contributed by atoms with van der Waals surface area (Å²) in [6, 6.07) is 7.82. The van der Waals surface area contributed by atoms with Crippen molar-refractivity contribution in [1.82, 2.24) is 19.2 Å². The van der Waals surface area contributed by atoms with Gasteiger partial charge in [-0.1, -0.05) is 12.1 Å². The second kappa shape index (κ2) is 5.94. The molecule has 3 aromatic rings. The number of oxazole rings is 1. The van der Waals surface area contributed by atoms with Crippen LogP contribution < -0.4 is 5.76 Å². The van der Waals surface area contributed by atoms with Crippen LogP contribution in [0.3, 0.4) is 0 Å². The number of para-hydroxylation sites is 2. The fraction of sp³-hybridized carbons (Fsp3) is 0.444. The average molecular weight is 326 g/mol. The summed E-state index contributed by atoms with van der Waals surface area (Å²) in [6.45, 7) is 4.83. The van der Waals surface area contributed by atoms with Crippen LogP contribution in [0, 0.1) is 6.92 Å². The Kier molecular flexibility index (Phi) is 3.76. The zero-order valence-electron chi connectivity index (χ0n) is 14.1. The predicted octanol–water partition coefficient (Wildman–Crippen LogP) is 2.47. The van der Waals surface area contributed by atoms with Gasteiger partial charge >= 0.3 is 5.76 Å². The van der Waals surface area contributed by atoms with E-state index in [9.17, 15) is 4.79 Å². The van der Waals surface area contributed by atoms with Crippen LogP contribution in [0.1, 0.15) is 30.1 Å². The minimum atomic E-state index is -0.249. The van der Waals surface area contributed by atoms with Crippen molar-refractivity contribution in [2.75, 3.05) is 13.1 Å². The molecular formula is C18H22N4O2. The van der Waals surface area contributed by atoms with Crippen molar-refractivity contribution >= 4 is 11.1 Å². The van der Waals surface area contributed by atoms with E-state index in [-0.39, 0.29) is 11.8 Å². The average Bonchev–Trinajstić information content (AvgIpc) is 3.05. The van der Waals surface area contributed by atoms with E-state index in [0.717, 1.165) is 43.7 Å². The Balaban J connectivity index is 1.59. The lowest BCUT2D eigenvalue weighted by atomic mass is 10.0. The minimum Gasteiger partial charge on any atom is -0.408 e. The van der Waals surface area contributed by atoms with Gasteiger partial charge in [0.25, 0.3) is 0 Å². The van der Waals surface area contributed by atoms with Gasteiger partial charge < -0.3 is 4.42 Å². The van der Waals surface area contributed by atoms with Crippen LogP contribution in [0.2, 0.25) is 0 Å². The maximum Gasteiger partial charge on any atom is 0.420 e. The summed E-state index contributed by atoms with van der Waals surface area (Å²) in [5.74, 6) is -0.249. The Labute approximate surface area is 140 Å². The highest BCUT2D eigenvalue weighted by Crippen LogP contribution is 2.26. The zero-order chi connectivity index (χ0) is 16.7. The standard InChI is InChI=1S/C18H22N4O2/c1-13-14(10-20(2)19-13)11-21-9-5-6-15(12-21)22-16-7-3-4-8-17(16)24-18(22)23/h3-4,7-8,10,15H,5-6,9,11-12H2,1-2H3/t15-/m1/s1. The molecule has 1 aliphatic rings. The summed E-state index contributed by atoms with van der Waals surface area (Å²) in [6.07, 6.45) is 4.17. The molecule has 1 aromatic carbocycles. The largest absolute Gasteiger partial charge is 0.420 e. The van der Waals surface area contributed by atoms with E-state index < -0.39 is 0 Å². The van der Waals surface area contributed by atoms with Gasteiger partial charge in [-0.15, -0.1) is 0 Å². The molecule has 0 bridgehead atoms. The summed E-state index contributed by atoms with van der Waals surface area (Å²) in [5, 5.41) is 4.42. The number of fused-ring (bicyclic) bond motifs is 1. The molecule has 126 valence electrons. The molecule has 0 N–H and O–H groups in total. The van der Waals surface area contributed by atoms with Crippen molar-refractivity contribution in [2.24, 2.45) is 7.05 Å². The second-order valence-electron chi connectivity index (χ2n) is 6.65. The van der Waals surface area contributed by atoms with Crippen LogP contribution >= 0.6 is 0 Å². The normalized spacial score (nSPS) is 19.2. The number of hydrogen-bond acceptors (Lipinski definition) is 4. The molecule has 1 saturated heterocycles. The number of nitrogens with zero attached hydrogens (tertiary/aromatic N) is 4. The van der Waals surface area contributed by atoms with Crippen molar-refractivity contribution in [1.29, 1.82) is 0 Å². The first-order valence-corrected chi connectivity index (χ1v) is 8.43. The zero-order valence-corrected chi connectivity index (χ0v) is 14.1. The van der Waals surface area contributed by atoms with Crippen LogP contribution in [-0.2, 0) is 13.6 Å². The number of rotatable bonds is 3. The van der Waals surface area contributed by atoms with Gasteiger partial charge in [0.1, 0.15) is 0 Å². The monoisotopic (exact) mass is 326 g/mol. The minimum absolute atomic E-state index is 0.159. The predicted molar refractivity (Wildman–Crippen MR) is 92.0 cm³/mol. The molecule has 1 atom stereocenters. The Morgan fingerprint density at radius 3 is 2.96 bits per heavy atom. The number of hydrogen-bond donors (Lipinski definition) is 0. The van der Waals surface area contributed by atoms with Crippen molar-refractivity contribution < 1.29 is 4.42 Å². The molecule has 4 rings (SSSR count). The van der Waals surface area contributed by atoms with Gasteiger partial charge in [0.15, 0.2) is 5.58 Å². The highest BCUT2D eigenvalue weighted by atomic mass is 16.4. The van der Waals surface area contributed by atoms with E-state index in [0.29, 0.717) is 5.58 Å². The molecule has 2 aromatic heterocycles. The number of aryl methyl sites for hydroxylation is 2. The lowest BCUT2D eigenvalue weighted by Crippen LogP contribution is -2.38. The van der Waals surface area contributed by atoms with Crippen LogP contribution in [0.15, 0.2) is 39.7 Å². The van der Waals surface area contributed by atoms with Crippen LogP contribution in [-0.4, -0.2) is 32.3 Å². The molecule has 0 amide bonds. The molecular weight excluding hydrogens is 304 g/mol. The first-order valence-electron chi connectivity index (χ1n) is 8.43. The highest BCUT2D eigenvalue weighted by molar-refractivity contribution is 5.72. The molecule has 3 heterocycles. The fourth-order valence-electron chi connectivity index (χ4n) is 3.76. The van der Waals surface area contributed by atoms with Gasteiger partial charge in [0, 0.05) is 31.9 Å². The molecule has 1 aliphatic heterocycles. The topological polar surface area (TPSA) is 56.2 Å². The lowest BCUT2D eigenvalue weighted by Gasteiger charge is -2.32. The highest BCUT2D eigenvalue weighted by Gasteiger charge is 2.25. The van der Waals surface area contributed by atoms with E-state index in [1.807, 2.05) is 47.5 Å². The summed E-state index contributed by atoms with van der Waals surface area (Å²) in [7, 11) is 1.95. The molecule has 0 spiro atoms. The molecule has 0 saturated carbocycles. The Morgan fingerprint density at radius 2 is 2.17 bits per heavy atom. The Bertz CT molecular complexity index is 921. The van der Waals surface area contributed by atoms with E-state index in [1.165, 1.54) is 5.56 Å². The van der Waals surface area contributed by atoms with Crippen molar-refractivity contribution in [2.45, 2.75) is 32.4 Å². The molecule has 6 nitrogen and oxygen atoms in total. The van der Waals surface area contributed by atoms with E-state index in [1.54, 1.807) is 0 Å². The third-order valence-corrected chi connectivity index (χ3v) is 4.87. The van der Waals surface area contributed by atoms with Crippen LogP contribution in [0.25, 0.3) is 11.1 Å². The maximum absolute atomic E-state index is 12.3. The van der Waals surface area contributed by atoms with E-state index in [2.05, 4.69) is 16.2 Å². The number of likely N-dealkylation sites (tertiary alicyclic amines) is 1. The number of piperidine rings is 1. The maximum atomic E-state index is 12.3. The molecule has 0 unspecified atom stereocenters. The number of aromatic nitrogens is 3. The molecule has 0 radical (unpaired) electrons. The van der Waals surface area contributed by atoms with Crippen molar-refractivity contribution in [3.63, 3.8) is 0 Å². The molecule has 1 fully saturated rings. The van der Waals surface area contributed by atoms with Gasteiger partial charge in [-0.05, 0) is 38.4 Å². The second-order valence-corrected chi connectivity index (χ2v) is 6.65. The molecule has 6 heteroatoms. The van der Waals surface area contributed by atoms with Gasteiger partial charge in [-0.2, -0.15) is 5.10 Å². The smallest absolute Gasteiger partial charge is 0.408 e. The van der Waals surface area contributed by atoms with Gasteiger partial charge in [-0.25, -0.2) is 4.79 Å². The van der Waals surface area contributed by atoms with E-state index >= 15 is 0 Å². The van der Waals surface area contributed by atoms with Gasteiger partial charge in [0.05, 0.1) is 17.3 Å². The summed E-state index contributed by atoms with van der Waals surface area (Å²) < 4.78 is 9.10. The summed E-state index contributed by atoms with van der Waals surface area (Å²) >= 11 is 0. The quantitative estimate of drug-likeness (QED) is 0.742.